The lowest BCUT2D eigenvalue weighted by Crippen LogP contribution is -2.40. The van der Waals surface area contributed by atoms with E-state index in [0.717, 1.165) is 23.2 Å². The van der Waals surface area contributed by atoms with Crippen LogP contribution in [0.15, 0.2) is 60.8 Å². The monoisotopic (exact) mass is 418 g/mol. The summed E-state index contributed by atoms with van der Waals surface area (Å²) in [5.41, 5.74) is 9.70. The molecule has 0 fully saturated rings. The summed E-state index contributed by atoms with van der Waals surface area (Å²) in [4.78, 5) is 21.8. The Morgan fingerprint density at radius 1 is 1.06 bits per heavy atom. The molecule has 7 heteroatoms. The van der Waals surface area contributed by atoms with Gasteiger partial charge in [-0.05, 0) is 50.9 Å². The van der Waals surface area contributed by atoms with Crippen LogP contribution < -0.4 is 21.7 Å². The van der Waals surface area contributed by atoms with Gasteiger partial charge in [0.05, 0.1) is 0 Å². The summed E-state index contributed by atoms with van der Waals surface area (Å²) in [6.45, 7) is 4.95. The number of amides is 1. The van der Waals surface area contributed by atoms with Gasteiger partial charge in [0, 0.05) is 24.0 Å². The van der Waals surface area contributed by atoms with Crippen molar-refractivity contribution >= 4 is 23.4 Å². The van der Waals surface area contributed by atoms with Gasteiger partial charge in [-0.25, -0.2) is 4.98 Å². The van der Waals surface area contributed by atoms with Crippen LogP contribution >= 0.6 is 0 Å². The highest BCUT2D eigenvalue weighted by Crippen LogP contribution is 2.18. The molecule has 162 valence electrons. The molecular formula is C24H30N6O. The molecule has 5 N–H and O–H groups in total. The van der Waals surface area contributed by atoms with Crippen LogP contribution in [0, 0.1) is 13.8 Å². The van der Waals surface area contributed by atoms with Crippen molar-refractivity contribution < 1.29 is 4.79 Å². The number of aromatic nitrogens is 2. The van der Waals surface area contributed by atoms with E-state index in [9.17, 15) is 4.79 Å². The Morgan fingerprint density at radius 3 is 2.52 bits per heavy atom. The second-order valence-corrected chi connectivity index (χ2v) is 7.55. The highest BCUT2D eigenvalue weighted by Gasteiger charge is 2.19. The van der Waals surface area contributed by atoms with E-state index in [1.165, 1.54) is 5.56 Å². The zero-order chi connectivity index (χ0) is 22.1. The predicted octanol–water partition coefficient (Wildman–Crippen LogP) is 3.67. The average molecular weight is 419 g/mol. The molecular weight excluding hydrogens is 388 g/mol. The van der Waals surface area contributed by atoms with Crippen molar-refractivity contribution in [1.29, 1.82) is 0 Å². The summed E-state index contributed by atoms with van der Waals surface area (Å²) >= 11 is 0. The number of para-hydroxylation sites is 1. The van der Waals surface area contributed by atoms with Crippen LogP contribution in [-0.4, -0.2) is 28.5 Å². The largest absolute Gasteiger partial charge is 0.358 e. The molecule has 0 saturated heterocycles. The number of nitrogens with zero attached hydrogens (tertiary/aromatic N) is 2. The third kappa shape index (κ3) is 6.79. The van der Waals surface area contributed by atoms with E-state index in [1.54, 1.807) is 6.20 Å². The molecule has 31 heavy (non-hydrogen) atoms. The number of benzene rings is 2. The predicted molar refractivity (Wildman–Crippen MR) is 125 cm³/mol. The molecule has 3 aromatic rings. The van der Waals surface area contributed by atoms with Gasteiger partial charge in [-0.1, -0.05) is 48.0 Å². The number of hydrogen-bond donors (Lipinski definition) is 4. The molecule has 2 aromatic carbocycles. The number of carbonyl (C=O) groups excluding carboxylic acids is 1. The first-order valence-corrected chi connectivity index (χ1v) is 10.5. The van der Waals surface area contributed by atoms with Gasteiger partial charge in [-0.2, -0.15) is 4.98 Å². The number of aryl methyl sites for hydroxylation is 2. The lowest BCUT2D eigenvalue weighted by molar-refractivity contribution is -0.122. The first-order valence-electron chi connectivity index (χ1n) is 10.5. The summed E-state index contributed by atoms with van der Waals surface area (Å²) in [6.07, 6.45) is 3.08. The van der Waals surface area contributed by atoms with Gasteiger partial charge in [-0.3, -0.25) is 4.79 Å². The van der Waals surface area contributed by atoms with Crippen LogP contribution in [0.5, 0.6) is 0 Å². The second-order valence-electron chi connectivity index (χ2n) is 7.55. The Kier molecular flexibility index (Phi) is 7.95. The van der Waals surface area contributed by atoms with E-state index in [-0.39, 0.29) is 5.91 Å². The van der Waals surface area contributed by atoms with Crippen molar-refractivity contribution in [3.05, 3.63) is 77.5 Å². The van der Waals surface area contributed by atoms with Gasteiger partial charge in [0.2, 0.25) is 11.9 Å². The SMILES string of the molecule is Cc1ccc(CNC(=O)[C@H](CCCN)Nc2nc(Nc3ccccc3)ncc2C)cc1. The molecule has 0 aliphatic heterocycles. The maximum absolute atomic E-state index is 12.9. The normalized spacial score (nSPS) is 11.6. The zero-order valence-corrected chi connectivity index (χ0v) is 18.1. The number of hydrogen-bond acceptors (Lipinski definition) is 6. The van der Waals surface area contributed by atoms with Crippen molar-refractivity contribution in [2.24, 2.45) is 5.73 Å². The van der Waals surface area contributed by atoms with Gasteiger partial charge < -0.3 is 21.7 Å². The van der Waals surface area contributed by atoms with Crippen molar-refractivity contribution in [3.8, 4) is 0 Å². The third-order valence-electron chi connectivity index (χ3n) is 4.91. The van der Waals surface area contributed by atoms with Gasteiger partial charge in [0.1, 0.15) is 11.9 Å². The smallest absolute Gasteiger partial charge is 0.242 e. The number of nitrogens with one attached hydrogen (secondary N) is 3. The molecule has 1 amide bonds. The Morgan fingerprint density at radius 2 is 1.81 bits per heavy atom. The van der Waals surface area contributed by atoms with Crippen molar-refractivity contribution in [1.82, 2.24) is 15.3 Å². The van der Waals surface area contributed by atoms with Gasteiger partial charge in [-0.15, -0.1) is 0 Å². The minimum atomic E-state index is -0.438. The zero-order valence-electron chi connectivity index (χ0n) is 18.1. The third-order valence-corrected chi connectivity index (χ3v) is 4.91. The number of carbonyl (C=O) groups is 1. The first-order chi connectivity index (χ1) is 15.0. The lowest BCUT2D eigenvalue weighted by atomic mass is 10.1. The van der Waals surface area contributed by atoms with E-state index >= 15 is 0 Å². The maximum Gasteiger partial charge on any atom is 0.242 e. The maximum atomic E-state index is 12.9. The summed E-state index contributed by atoms with van der Waals surface area (Å²) in [7, 11) is 0. The van der Waals surface area contributed by atoms with E-state index in [1.807, 2.05) is 68.4 Å². The molecule has 0 aliphatic rings. The summed E-state index contributed by atoms with van der Waals surface area (Å²) in [5.74, 6) is 1.02. The van der Waals surface area contributed by atoms with Crippen LogP contribution in [0.2, 0.25) is 0 Å². The Balaban J connectivity index is 1.69. The van der Waals surface area contributed by atoms with E-state index in [2.05, 4.69) is 25.9 Å². The average Bonchev–Trinajstić information content (AvgIpc) is 2.78. The van der Waals surface area contributed by atoms with Crippen molar-refractivity contribution in [2.75, 3.05) is 17.2 Å². The van der Waals surface area contributed by atoms with Crippen LogP contribution in [0.3, 0.4) is 0 Å². The number of nitrogens with two attached hydrogens (primary N) is 1. The molecule has 3 rings (SSSR count). The van der Waals surface area contributed by atoms with Gasteiger partial charge in [0.15, 0.2) is 0 Å². The summed E-state index contributed by atoms with van der Waals surface area (Å²) < 4.78 is 0. The number of anilines is 3. The highest BCUT2D eigenvalue weighted by atomic mass is 16.2. The minimum Gasteiger partial charge on any atom is -0.358 e. The number of rotatable bonds is 10. The molecule has 1 atom stereocenters. The fraction of sp³-hybridized carbons (Fsp3) is 0.292. The standard InChI is InChI=1S/C24H30N6O/c1-17-10-12-19(13-11-17)16-26-23(31)21(9-6-14-25)29-22-18(2)15-27-24(30-22)28-20-7-4-3-5-8-20/h3-5,7-8,10-13,15,21H,6,9,14,16,25H2,1-2H3,(H,26,31)(H2,27,28,29,30)/t21-/m0/s1. The topological polar surface area (TPSA) is 105 Å². The van der Waals surface area contributed by atoms with E-state index in [4.69, 9.17) is 5.73 Å². The van der Waals surface area contributed by atoms with Crippen LogP contribution in [0.4, 0.5) is 17.5 Å². The first kappa shape index (κ1) is 22.2. The van der Waals surface area contributed by atoms with Crippen LogP contribution in [-0.2, 0) is 11.3 Å². The Hall–Kier alpha value is -3.45. The molecule has 0 saturated carbocycles. The van der Waals surface area contributed by atoms with Crippen molar-refractivity contribution in [2.45, 2.75) is 39.3 Å². The van der Waals surface area contributed by atoms with Crippen LogP contribution in [0.1, 0.15) is 29.5 Å². The van der Waals surface area contributed by atoms with E-state index < -0.39 is 6.04 Å². The van der Waals surface area contributed by atoms with Gasteiger partial charge >= 0.3 is 0 Å². The van der Waals surface area contributed by atoms with Crippen LogP contribution in [0.25, 0.3) is 0 Å². The molecule has 0 bridgehead atoms. The molecule has 1 heterocycles. The highest BCUT2D eigenvalue weighted by molar-refractivity contribution is 5.84. The molecule has 7 nitrogen and oxygen atoms in total. The fourth-order valence-electron chi connectivity index (χ4n) is 3.07. The van der Waals surface area contributed by atoms with Gasteiger partial charge in [0.25, 0.3) is 0 Å². The summed E-state index contributed by atoms with van der Waals surface area (Å²) in [6, 6.07) is 17.4. The van der Waals surface area contributed by atoms with E-state index in [0.29, 0.717) is 31.3 Å². The lowest BCUT2D eigenvalue weighted by Gasteiger charge is -2.20. The molecule has 1 aromatic heterocycles. The fourth-order valence-corrected chi connectivity index (χ4v) is 3.07. The molecule has 0 radical (unpaired) electrons. The second kappa shape index (κ2) is 11.1. The minimum absolute atomic E-state index is 0.0791. The molecule has 0 unspecified atom stereocenters. The quantitative estimate of drug-likeness (QED) is 0.400. The molecule has 0 spiro atoms. The summed E-state index contributed by atoms with van der Waals surface area (Å²) in [5, 5.41) is 9.50. The van der Waals surface area contributed by atoms with Crippen molar-refractivity contribution in [3.63, 3.8) is 0 Å². The molecule has 0 aliphatic carbocycles. The Bertz CT molecular complexity index is 975. The Labute approximate surface area is 183 Å².